The molecule has 2 nitrogen and oxygen atoms in total. The molecule has 0 aromatic heterocycles. The smallest absolute Gasteiger partial charge is 0.144 e. The van der Waals surface area contributed by atoms with E-state index in [2.05, 4.69) is 42.6 Å². The van der Waals surface area contributed by atoms with E-state index in [0.29, 0.717) is 12.2 Å². The lowest BCUT2D eigenvalue weighted by atomic mass is 9.73. The Labute approximate surface area is 126 Å². The quantitative estimate of drug-likeness (QED) is 0.925. The molecule has 2 heteroatoms. The van der Waals surface area contributed by atoms with Crippen LogP contribution in [0, 0.1) is 5.41 Å². The molecule has 2 aromatic rings. The minimum Gasteiger partial charge on any atom is -0.316 e. The number of benzene rings is 2. The Kier molecular flexibility index (Phi) is 4.07. The van der Waals surface area contributed by atoms with Gasteiger partial charge in [0.25, 0.3) is 0 Å². The number of Topliss-reactive ketones (excluding diaryl/α,β-unsaturated/α-hetero) is 1. The van der Waals surface area contributed by atoms with Gasteiger partial charge in [-0.25, -0.2) is 0 Å². The van der Waals surface area contributed by atoms with Crippen molar-refractivity contribution in [3.8, 4) is 0 Å². The fourth-order valence-corrected chi connectivity index (χ4v) is 3.51. The highest BCUT2D eigenvalue weighted by molar-refractivity contribution is 5.93. The molecule has 1 unspecified atom stereocenters. The number of rotatable bonds is 4. The summed E-state index contributed by atoms with van der Waals surface area (Å²) >= 11 is 0. The number of fused-ring (bicyclic) bond motifs is 1. The van der Waals surface area contributed by atoms with Crippen LogP contribution in [0.3, 0.4) is 0 Å². The van der Waals surface area contributed by atoms with Gasteiger partial charge in [0.05, 0.1) is 0 Å². The van der Waals surface area contributed by atoms with Crippen LogP contribution in [0.1, 0.15) is 31.7 Å². The van der Waals surface area contributed by atoms with Gasteiger partial charge in [-0.2, -0.15) is 0 Å². The van der Waals surface area contributed by atoms with Crippen molar-refractivity contribution in [3.63, 3.8) is 0 Å². The molecule has 1 atom stereocenters. The van der Waals surface area contributed by atoms with Crippen molar-refractivity contribution in [2.45, 2.75) is 32.6 Å². The molecule has 21 heavy (non-hydrogen) atoms. The Bertz CT molecular complexity index is 636. The van der Waals surface area contributed by atoms with E-state index in [0.717, 1.165) is 37.9 Å². The van der Waals surface area contributed by atoms with E-state index in [4.69, 9.17) is 0 Å². The van der Waals surface area contributed by atoms with E-state index in [1.54, 1.807) is 0 Å². The van der Waals surface area contributed by atoms with Gasteiger partial charge in [0, 0.05) is 18.4 Å². The molecule has 2 aromatic carbocycles. The molecule has 0 bridgehead atoms. The van der Waals surface area contributed by atoms with E-state index in [1.807, 2.05) is 12.1 Å². The molecule has 1 N–H and O–H groups in total. The number of nitrogens with one attached hydrogen (secondary N) is 1. The van der Waals surface area contributed by atoms with E-state index in [-0.39, 0.29) is 5.41 Å². The maximum Gasteiger partial charge on any atom is 0.144 e. The maximum absolute atomic E-state index is 12.9. The van der Waals surface area contributed by atoms with Gasteiger partial charge in [-0.3, -0.25) is 4.79 Å². The number of hydrogen-bond acceptors (Lipinski definition) is 2. The van der Waals surface area contributed by atoms with Crippen LogP contribution in [0.5, 0.6) is 0 Å². The largest absolute Gasteiger partial charge is 0.316 e. The number of hydrogen-bond donors (Lipinski definition) is 1. The number of carbonyl (C=O) groups is 1. The van der Waals surface area contributed by atoms with E-state index in [9.17, 15) is 4.79 Å². The third kappa shape index (κ3) is 2.73. The first-order valence-electron chi connectivity index (χ1n) is 7.96. The van der Waals surface area contributed by atoms with Gasteiger partial charge in [-0.15, -0.1) is 0 Å². The van der Waals surface area contributed by atoms with Crippen LogP contribution in [-0.4, -0.2) is 18.9 Å². The molecular formula is C19H23NO. The van der Waals surface area contributed by atoms with Crippen LogP contribution in [0.4, 0.5) is 0 Å². The fourth-order valence-electron chi connectivity index (χ4n) is 3.51. The van der Waals surface area contributed by atoms with E-state index >= 15 is 0 Å². The Morgan fingerprint density at radius 3 is 2.76 bits per heavy atom. The summed E-state index contributed by atoms with van der Waals surface area (Å²) in [5.74, 6) is 0.397. The number of ketones is 1. The summed E-state index contributed by atoms with van der Waals surface area (Å²) in [5.41, 5.74) is 1.01. The lowest BCUT2D eigenvalue weighted by Gasteiger charge is -2.35. The van der Waals surface area contributed by atoms with Crippen molar-refractivity contribution in [2.75, 3.05) is 13.1 Å². The summed E-state index contributed by atoms with van der Waals surface area (Å²) in [4.78, 5) is 12.9. The molecule has 0 amide bonds. The molecule has 1 aliphatic rings. The zero-order valence-electron chi connectivity index (χ0n) is 12.7. The topological polar surface area (TPSA) is 29.1 Å². The second-order valence-electron chi connectivity index (χ2n) is 6.15. The predicted molar refractivity (Wildman–Crippen MR) is 87.5 cm³/mol. The first-order chi connectivity index (χ1) is 10.2. The summed E-state index contributed by atoms with van der Waals surface area (Å²) in [5, 5.41) is 5.84. The standard InChI is InChI=1S/C19H23NO/c1-2-19(11-6-12-20-14-19)18(21)13-16-9-5-8-15-7-3-4-10-17(15)16/h3-5,7-10,20H,2,6,11-14H2,1H3. The number of carbonyl (C=O) groups excluding carboxylic acids is 1. The van der Waals surface area contributed by atoms with Gasteiger partial charge < -0.3 is 5.32 Å². The summed E-state index contributed by atoms with van der Waals surface area (Å²) in [7, 11) is 0. The van der Waals surface area contributed by atoms with Crippen molar-refractivity contribution in [3.05, 3.63) is 48.0 Å². The minimum absolute atomic E-state index is 0.158. The zero-order valence-corrected chi connectivity index (χ0v) is 12.7. The molecular weight excluding hydrogens is 258 g/mol. The molecule has 110 valence electrons. The highest BCUT2D eigenvalue weighted by atomic mass is 16.1. The lowest BCUT2D eigenvalue weighted by molar-refractivity contribution is -0.129. The third-order valence-electron chi connectivity index (χ3n) is 4.97. The first-order valence-corrected chi connectivity index (χ1v) is 7.96. The molecule has 1 heterocycles. The van der Waals surface area contributed by atoms with Gasteiger partial charge in [-0.05, 0) is 42.1 Å². The molecule has 1 aliphatic heterocycles. The zero-order chi connectivity index (χ0) is 14.7. The van der Waals surface area contributed by atoms with Gasteiger partial charge in [0.15, 0.2) is 0 Å². The van der Waals surface area contributed by atoms with Crippen LogP contribution in [0.25, 0.3) is 10.8 Å². The summed E-state index contributed by atoms with van der Waals surface area (Å²) < 4.78 is 0. The third-order valence-corrected chi connectivity index (χ3v) is 4.97. The van der Waals surface area contributed by atoms with Gasteiger partial charge in [0.2, 0.25) is 0 Å². The number of piperidine rings is 1. The Balaban J connectivity index is 1.89. The molecule has 0 spiro atoms. The van der Waals surface area contributed by atoms with Gasteiger partial charge in [-0.1, -0.05) is 49.4 Å². The Morgan fingerprint density at radius 1 is 1.19 bits per heavy atom. The normalized spacial score (nSPS) is 22.3. The molecule has 3 rings (SSSR count). The average molecular weight is 281 g/mol. The SMILES string of the molecule is CCC1(C(=O)Cc2cccc3ccccc23)CCCNC1. The lowest BCUT2D eigenvalue weighted by Crippen LogP contribution is -2.45. The minimum atomic E-state index is -0.158. The highest BCUT2D eigenvalue weighted by Crippen LogP contribution is 2.33. The monoisotopic (exact) mass is 281 g/mol. The van der Waals surface area contributed by atoms with Crippen molar-refractivity contribution < 1.29 is 4.79 Å². The summed E-state index contributed by atoms with van der Waals surface area (Å²) in [6.45, 7) is 4.03. The summed E-state index contributed by atoms with van der Waals surface area (Å²) in [6, 6.07) is 14.6. The van der Waals surface area contributed by atoms with Crippen molar-refractivity contribution >= 4 is 16.6 Å². The van der Waals surface area contributed by atoms with Crippen LogP contribution >= 0.6 is 0 Å². The van der Waals surface area contributed by atoms with Crippen LogP contribution < -0.4 is 5.32 Å². The molecule has 0 aliphatic carbocycles. The Morgan fingerprint density at radius 2 is 2.00 bits per heavy atom. The van der Waals surface area contributed by atoms with Gasteiger partial charge >= 0.3 is 0 Å². The summed E-state index contributed by atoms with van der Waals surface area (Å²) in [6.07, 6.45) is 3.62. The molecule has 1 fully saturated rings. The maximum atomic E-state index is 12.9. The second kappa shape index (κ2) is 5.98. The van der Waals surface area contributed by atoms with Crippen LogP contribution in [0.15, 0.2) is 42.5 Å². The van der Waals surface area contributed by atoms with E-state index in [1.165, 1.54) is 10.8 Å². The van der Waals surface area contributed by atoms with Crippen LogP contribution in [-0.2, 0) is 11.2 Å². The van der Waals surface area contributed by atoms with Crippen molar-refractivity contribution in [1.29, 1.82) is 0 Å². The highest BCUT2D eigenvalue weighted by Gasteiger charge is 2.37. The molecule has 0 saturated carbocycles. The average Bonchev–Trinajstić information content (AvgIpc) is 2.56. The first kappa shape index (κ1) is 14.3. The second-order valence-corrected chi connectivity index (χ2v) is 6.15. The van der Waals surface area contributed by atoms with Crippen molar-refractivity contribution in [2.24, 2.45) is 5.41 Å². The van der Waals surface area contributed by atoms with Crippen molar-refractivity contribution in [1.82, 2.24) is 5.32 Å². The van der Waals surface area contributed by atoms with Gasteiger partial charge in [0.1, 0.15) is 5.78 Å². The fraction of sp³-hybridized carbons (Fsp3) is 0.421. The molecule has 1 saturated heterocycles. The van der Waals surface area contributed by atoms with Crippen LogP contribution in [0.2, 0.25) is 0 Å². The Hall–Kier alpha value is -1.67. The predicted octanol–water partition coefficient (Wildman–Crippen LogP) is 3.73. The molecule has 0 radical (unpaired) electrons. The van der Waals surface area contributed by atoms with E-state index < -0.39 is 0 Å².